The van der Waals surface area contributed by atoms with E-state index < -0.39 is 0 Å². The van der Waals surface area contributed by atoms with Crippen molar-refractivity contribution in [1.29, 1.82) is 0 Å². The van der Waals surface area contributed by atoms with Crippen LogP contribution in [0.2, 0.25) is 0 Å². The normalized spacial score (nSPS) is 13.1. The maximum absolute atomic E-state index is 6.15. The summed E-state index contributed by atoms with van der Waals surface area (Å²) in [5, 5.41) is 1.86. The first kappa shape index (κ1) is 18.1. The molecule has 0 fully saturated rings. The molecule has 0 amide bonds. The molecule has 0 aliphatic rings. The molecule has 0 unspecified atom stereocenters. The van der Waals surface area contributed by atoms with E-state index in [-0.39, 0.29) is 0 Å². The molecule has 18 heavy (non-hydrogen) atoms. The molecule has 0 aliphatic heterocycles. The standard InChI is InChI=1S/C16H28Cl2/c1-3-5-7-9-11-15(17)13-14-16(18)12-10-8-6-4-2/h13-14H,3-12H2,1-2H3/b15-13-,16-14-. The molecule has 2 heteroatoms. The van der Waals surface area contributed by atoms with Gasteiger partial charge in [0.2, 0.25) is 0 Å². The fourth-order valence-electron chi connectivity index (χ4n) is 1.79. The van der Waals surface area contributed by atoms with Crippen molar-refractivity contribution in [3.8, 4) is 0 Å². The minimum absolute atomic E-state index is 0.929. The van der Waals surface area contributed by atoms with Gasteiger partial charge in [0, 0.05) is 10.1 Å². The molecule has 0 saturated heterocycles. The fraction of sp³-hybridized carbons (Fsp3) is 0.750. The van der Waals surface area contributed by atoms with Gasteiger partial charge in [0.15, 0.2) is 0 Å². The lowest BCUT2D eigenvalue weighted by atomic mass is 10.1. The van der Waals surface area contributed by atoms with Gasteiger partial charge < -0.3 is 0 Å². The molecular formula is C16H28Cl2. The summed E-state index contributed by atoms with van der Waals surface area (Å²) in [7, 11) is 0. The first-order chi connectivity index (χ1) is 8.70. The van der Waals surface area contributed by atoms with Crippen molar-refractivity contribution in [1.82, 2.24) is 0 Å². The fourth-order valence-corrected chi connectivity index (χ4v) is 2.18. The highest BCUT2D eigenvalue weighted by molar-refractivity contribution is 6.31. The first-order valence-electron chi connectivity index (χ1n) is 7.41. The molecule has 106 valence electrons. The molecule has 0 aliphatic carbocycles. The SMILES string of the molecule is CCCCCC/C(Cl)=C/C=C(\Cl)CCCCCC. The van der Waals surface area contributed by atoms with Crippen LogP contribution in [0.15, 0.2) is 22.2 Å². The summed E-state index contributed by atoms with van der Waals surface area (Å²) >= 11 is 12.3. The Morgan fingerprint density at radius 2 is 1.06 bits per heavy atom. The van der Waals surface area contributed by atoms with E-state index in [2.05, 4.69) is 13.8 Å². The zero-order chi connectivity index (χ0) is 13.6. The molecule has 0 heterocycles. The van der Waals surface area contributed by atoms with Gasteiger partial charge in [-0.15, -0.1) is 0 Å². The molecule has 0 aromatic carbocycles. The minimum Gasteiger partial charge on any atom is -0.0892 e. The van der Waals surface area contributed by atoms with Gasteiger partial charge in [-0.2, -0.15) is 0 Å². The third kappa shape index (κ3) is 12.5. The zero-order valence-electron chi connectivity index (χ0n) is 12.0. The lowest BCUT2D eigenvalue weighted by molar-refractivity contribution is 0.670. The predicted octanol–water partition coefficient (Wildman–Crippen LogP) is 7.17. The Bertz CT molecular complexity index is 215. The van der Waals surface area contributed by atoms with Gasteiger partial charge in [0.25, 0.3) is 0 Å². The van der Waals surface area contributed by atoms with E-state index in [1.165, 1.54) is 51.4 Å². The summed E-state index contributed by atoms with van der Waals surface area (Å²) in [4.78, 5) is 0. The molecule has 0 bridgehead atoms. The van der Waals surface area contributed by atoms with E-state index in [9.17, 15) is 0 Å². The number of hydrogen-bond donors (Lipinski definition) is 0. The van der Waals surface area contributed by atoms with Crippen molar-refractivity contribution >= 4 is 23.2 Å². The second kappa shape index (κ2) is 13.5. The molecule has 0 radical (unpaired) electrons. The largest absolute Gasteiger partial charge is 0.0892 e. The van der Waals surface area contributed by atoms with Gasteiger partial charge in [0.05, 0.1) is 0 Å². The van der Waals surface area contributed by atoms with Crippen LogP contribution in [0.1, 0.15) is 78.1 Å². The monoisotopic (exact) mass is 290 g/mol. The highest BCUT2D eigenvalue weighted by Gasteiger charge is 1.95. The van der Waals surface area contributed by atoms with E-state index in [4.69, 9.17) is 23.2 Å². The van der Waals surface area contributed by atoms with Gasteiger partial charge in [0.1, 0.15) is 0 Å². The van der Waals surface area contributed by atoms with Crippen LogP contribution in [0.25, 0.3) is 0 Å². The van der Waals surface area contributed by atoms with Gasteiger partial charge in [-0.25, -0.2) is 0 Å². The van der Waals surface area contributed by atoms with Crippen LogP contribution < -0.4 is 0 Å². The molecule has 0 spiro atoms. The predicted molar refractivity (Wildman–Crippen MR) is 85.4 cm³/mol. The Balaban J connectivity index is 3.72. The molecule has 0 rings (SSSR count). The van der Waals surface area contributed by atoms with Gasteiger partial charge in [-0.05, 0) is 37.8 Å². The number of unbranched alkanes of at least 4 members (excludes halogenated alkanes) is 6. The highest BCUT2D eigenvalue weighted by Crippen LogP contribution is 2.17. The molecule has 0 N–H and O–H groups in total. The third-order valence-corrected chi connectivity index (χ3v) is 3.61. The van der Waals surface area contributed by atoms with E-state index in [1.807, 2.05) is 12.2 Å². The molecular weight excluding hydrogens is 263 g/mol. The topological polar surface area (TPSA) is 0 Å². The summed E-state index contributed by atoms with van der Waals surface area (Å²) in [6, 6.07) is 0. The average molecular weight is 291 g/mol. The highest BCUT2D eigenvalue weighted by atomic mass is 35.5. The summed E-state index contributed by atoms with van der Waals surface area (Å²) in [6.07, 6.45) is 16.0. The van der Waals surface area contributed by atoms with E-state index in [0.717, 1.165) is 22.9 Å². The Hall–Kier alpha value is 0.0600. The lowest BCUT2D eigenvalue weighted by Crippen LogP contribution is -1.79. The van der Waals surface area contributed by atoms with Crippen LogP contribution in [0.4, 0.5) is 0 Å². The Labute approximate surface area is 123 Å². The summed E-state index contributed by atoms with van der Waals surface area (Å²) in [5.41, 5.74) is 0. The molecule has 0 aromatic heterocycles. The van der Waals surface area contributed by atoms with Crippen molar-refractivity contribution in [3.63, 3.8) is 0 Å². The Kier molecular flexibility index (Phi) is 13.5. The van der Waals surface area contributed by atoms with Crippen LogP contribution in [-0.4, -0.2) is 0 Å². The van der Waals surface area contributed by atoms with Crippen LogP contribution >= 0.6 is 23.2 Å². The van der Waals surface area contributed by atoms with Crippen molar-refractivity contribution in [2.45, 2.75) is 78.1 Å². The van der Waals surface area contributed by atoms with E-state index >= 15 is 0 Å². The van der Waals surface area contributed by atoms with Gasteiger partial charge in [-0.3, -0.25) is 0 Å². The lowest BCUT2D eigenvalue weighted by Gasteiger charge is -1.99. The summed E-state index contributed by atoms with van der Waals surface area (Å²) in [6.45, 7) is 4.44. The molecule has 0 aromatic rings. The van der Waals surface area contributed by atoms with Crippen LogP contribution in [-0.2, 0) is 0 Å². The van der Waals surface area contributed by atoms with Crippen LogP contribution in [0, 0.1) is 0 Å². The van der Waals surface area contributed by atoms with Crippen molar-refractivity contribution < 1.29 is 0 Å². The number of allylic oxidation sites excluding steroid dienone is 4. The van der Waals surface area contributed by atoms with E-state index in [0.29, 0.717) is 0 Å². The minimum atomic E-state index is 0.929. The second-order valence-corrected chi connectivity index (χ2v) is 5.82. The number of rotatable bonds is 11. The Morgan fingerprint density at radius 1 is 0.667 bits per heavy atom. The molecule has 0 atom stereocenters. The molecule has 0 saturated carbocycles. The van der Waals surface area contributed by atoms with Gasteiger partial charge in [-0.1, -0.05) is 75.6 Å². The smallest absolute Gasteiger partial charge is 0.0181 e. The second-order valence-electron chi connectivity index (χ2n) is 4.85. The summed E-state index contributed by atoms with van der Waals surface area (Å²) < 4.78 is 0. The average Bonchev–Trinajstić information content (AvgIpc) is 2.37. The summed E-state index contributed by atoms with van der Waals surface area (Å²) in [5.74, 6) is 0. The number of hydrogen-bond acceptors (Lipinski definition) is 0. The zero-order valence-corrected chi connectivity index (χ0v) is 13.5. The maximum atomic E-state index is 6.15. The maximum Gasteiger partial charge on any atom is 0.0181 e. The third-order valence-electron chi connectivity index (χ3n) is 2.98. The quantitative estimate of drug-likeness (QED) is 0.279. The van der Waals surface area contributed by atoms with Crippen molar-refractivity contribution in [2.24, 2.45) is 0 Å². The van der Waals surface area contributed by atoms with Crippen LogP contribution in [0.5, 0.6) is 0 Å². The number of halogens is 2. The van der Waals surface area contributed by atoms with Crippen molar-refractivity contribution in [3.05, 3.63) is 22.2 Å². The first-order valence-corrected chi connectivity index (χ1v) is 8.17. The van der Waals surface area contributed by atoms with Gasteiger partial charge >= 0.3 is 0 Å². The van der Waals surface area contributed by atoms with Crippen molar-refractivity contribution in [2.75, 3.05) is 0 Å². The molecule has 0 nitrogen and oxygen atoms in total. The Morgan fingerprint density at radius 3 is 1.39 bits per heavy atom. The van der Waals surface area contributed by atoms with E-state index in [1.54, 1.807) is 0 Å². The van der Waals surface area contributed by atoms with Crippen LogP contribution in [0.3, 0.4) is 0 Å².